The van der Waals surface area contributed by atoms with Crippen molar-refractivity contribution in [2.24, 2.45) is 5.92 Å². The third-order valence-electron chi connectivity index (χ3n) is 5.89. The van der Waals surface area contributed by atoms with Gasteiger partial charge in [-0.2, -0.15) is 0 Å². The van der Waals surface area contributed by atoms with Crippen LogP contribution < -0.4 is 15.4 Å². The summed E-state index contributed by atoms with van der Waals surface area (Å²) in [4.78, 5) is 28.1. The molecule has 2 aromatic rings. The topological polar surface area (TPSA) is 70.7 Å². The number of benzene rings is 2. The summed E-state index contributed by atoms with van der Waals surface area (Å²) in [7, 11) is 1.65. The normalized spacial score (nSPS) is 15.9. The molecule has 1 aliphatic rings. The first-order chi connectivity index (χ1) is 15.4. The minimum atomic E-state index is -0.631. The van der Waals surface area contributed by atoms with Crippen LogP contribution in [0.2, 0.25) is 5.02 Å². The molecule has 32 heavy (non-hydrogen) atoms. The number of hydrogen-bond acceptors (Lipinski definition) is 4. The van der Waals surface area contributed by atoms with Gasteiger partial charge in [0.1, 0.15) is 11.8 Å². The van der Waals surface area contributed by atoms with Crippen molar-refractivity contribution < 1.29 is 14.3 Å². The van der Waals surface area contributed by atoms with E-state index in [-0.39, 0.29) is 23.8 Å². The van der Waals surface area contributed by atoms with Gasteiger partial charge in [0, 0.05) is 17.1 Å². The highest BCUT2D eigenvalue weighted by Gasteiger charge is 2.28. The molecule has 1 fully saturated rings. The van der Waals surface area contributed by atoms with E-state index in [1.807, 2.05) is 26.0 Å². The number of nitrogens with one attached hydrogen (secondary N) is 2. The van der Waals surface area contributed by atoms with Gasteiger partial charge in [-0.05, 0) is 73.8 Å². The molecular formula is C25H32ClN3O3. The first-order valence-corrected chi connectivity index (χ1v) is 11.5. The molecular weight excluding hydrogens is 426 g/mol. The van der Waals surface area contributed by atoms with Gasteiger partial charge >= 0.3 is 0 Å². The minimum absolute atomic E-state index is 0.0579. The van der Waals surface area contributed by atoms with E-state index in [1.54, 1.807) is 31.4 Å². The zero-order chi connectivity index (χ0) is 23.1. The van der Waals surface area contributed by atoms with Crippen LogP contribution in [-0.2, 0) is 4.79 Å². The number of methoxy groups -OCH3 is 1. The summed E-state index contributed by atoms with van der Waals surface area (Å²) in [5.41, 5.74) is 1.61. The largest absolute Gasteiger partial charge is 0.497 e. The van der Waals surface area contributed by atoms with Gasteiger partial charge in [0.15, 0.2) is 0 Å². The van der Waals surface area contributed by atoms with E-state index in [4.69, 9.17) is 16.3 Å². The standard InChI is InChI=1S/C25H32ClN3O3/c1-17(2)23(28-24(30)19-6-10-20(26)11-7-19)25(31)27-16-22(29-14-4-5-15-29)18-8-12-21(32-3)13-9-18/h6-13,17,22-23H,4-5,14-16H2,1-3H3,(H,27,31)(H,28,30)/t22?,23-/m0/s1. The maximum Gasteiger partial charge on any atom is 0.251 e. The number of carbonyl (C=O) groups excluding carboxylic acids is 2. The van der Waals surface area contributed by atoms with Crippen molar-refractivity contribution in [3.05, 3.63) is 64.7 Å². The van der Waals surface area contributed by atoms with Crippen molar-refractivity contribution in [2.75, 3.05) is 26.7 Å². The number of carbonyl (C=O) groups is 2. The molecule has 2 atom stereocenters. The van der Waals surface area contributed by atoms with Gasteiger partial charge in [0.2, 0.25) is 5.91 Å². The first kappa shape index (κ1) is 24.1. The first-order valence-electron chi connectivity index (χ1n) is 11.1. The van der Waals surface area contributed by atoms with Gasteiger partial charge in [-0.1, -0.05) is 37.6 Å². The highest BCUT2D eigenvalue weighted by atomic mass is 35.5. The molecule has 7 heteroatoms. The van der Waals surface area contributed by atoms with Crippen molar-refractivity contribution in [1.29, 1.82) is 0 Å². The lowest BCUT2D eigenvalue weighted by Crippen LogP contribution is -2.51. The van der Waals surface area contributed by atoms with Crippen molar-refractivity contribution in [2.45, 2.75) is 38.8 Å². The van der Waals surface area contributed by atoms with Crippen LogP contribution in [0.3, 0.4) is 0 Å². The summed E-state index contributed by atoms with van der Waals surface area (Å²) < 4.78 is 5.28. The number of halogens is 1. The zero-order valence-corrected chi connectivity index (χ0v) is 19.7. The predicted octanol–water partition coefficient (Wildman–Crippen LogP) is 4.06. The molecule has 1 heterocycles. The molecule has 6 nitrogen and oxygen atoms in total. The lowest BCUT2D eigenvalue weighted by Gasteiger charge is -2.29. The molecule has 0 bridgehead atoms. The highest BCUT2D eigenvalue weighted by Crippen LogP contribution is 2.26. The Morgan fingerprint density at radius 3 is 2.22 bits per heavy atom. The van der Waals surface area contributed by atoms with E-state index in [1.165, 1.54) is 0 Å². The van der Waals surface area contributed by atoms with E-state index < -0.39 is 6.04 Å². The average molecular weight is 458 g/mol. The molecule has 1 aliphatic heterocycles. The third-order valence-corrected chi connectivity index (χ3v) is 6.15. The van der Waals surface area contributed by atoms with E-state index in [0.29, 0.717) is 17.1 Å². The Balaban J connectivity index is 1.68. The molecule has 0 saturated carbocycles. The smallest absolute Gasteiger partial charge is 0.251 e. The van der Waals surface area contributed by atoms with Gasteiger partial charge in [0.05, 0.1) is 13.2 Å². The minimum Gasteiger partial charge on any atom is -0.497 e. The number of amides is 2. The lowest BCUT2D eigenvalue weighted by molar-refractivity contribution is -0.124. The molecule has 2 aromatic carbocycles. The van der Waals surface area contributed by atoms with E-state index in [2.05, 4.69) is 27.7 Å². The Morgan fingerprint density at radius 1 is 1.03 bits per heavy atom. The summed E-state index contributed by atoms with van der Waals surface area (Å²) in [6.45, 7) is 6.34. The van der Waals surface area contributed by atoms with Crippen LogP contribution in [0.1, 0.15) is 48.7 Å². The summed E-state index contributed by atoms with van der Waals surface area (Å²) in [5.74, 6) is 0.280. The predicted molar refractivity (Wildman–Crippen MR) is 127 cm³/mol. The van der Waals surface area contributed by atoms with Crippen LogP contribution in [0.25, 0.3) is 0 Å². The fourth-order valence-corrected chi connectivity index (χ4v) is 4.13. The van der Waals surface area contributed by atoms with Crippen molar-refractivity contribution in [1.82, 2.24) is 15.5 Å². The average Bonchev–Trinajstić information content (AvgIpc) is 3.32. The number of rotatable bonds is 9. The molecule has 2 N–H and O–H groups in total. The van der Waals surface area contributed by atoms with Crippen LogP contribution in [0.4, 0.5) is 0 Å². The number of hydrogen-bond donors (Lipinski definition) is 2. The van der Waals surface area contributed by atoms with Crippen LogP contribution in [-0.4, -0.2) is 49.5 Å². The Labute approximate surface area is 195 Å². The van der Waals surface area contributed by atoms with E-state index >= 15 is 0 Å². The quantitative estimate of drug-likeness (QED) is 0.595. The second kappa shape index (κ2) is 11.3. The van der Waals surface area contributed by atoms with Gasteiger partial charge < -0.3 is 15.4 Å². The Kier molecular flexibility index (Phi) is 8.53. The molecule has 0 spiro atoms. The monoisotopic (exact) mass is 457 g/mol. The zero-order valence-electron chi connectivity index (χ0n) is 18.9. The Hall–Kier alpha value is -2.57. The van der Waals surface area contributed by atoms with Gasteiger partial charge in [0.25, 0.3) is 5.91 Å². The van der Waals surface area contributed by atoms with Crippen molar-refractivity contribution in [3.63, 3.8) is 0 Å². The Bertz CT molecular complexity index is 894. The molecule has 2 amide bonds. The van der Waals surface area contributed by atoms with Crippen LogP contribution in [0.15, 0.2) is 48.5 Å². The van der Waals surface area contributed by atoms with Gasteiger partial charge in [-0.25, -0.2) is 0 Å². The second-order valence-corrected chi connectivity index (χ2v) is 8.92. The SMILES string of the molecule is COc1ccc(C(CNC(=O)[C@@H](NC(=O)c2ccc(Cl)cc2)C(C)C)N2CCCC2)cc1. The van der Waals surface area contributed by atoms with E-state index in [9.17, 15) is 9.59 Å². The van der Waals surface area contributed by atoms with Crippen LogP contribution in [0, 0.1) is 5.92 Å². The molecule has 0 aromatic heterocycles. The van der Waals surface area contributed by atoms with Crippen LogP contribution in [0.5, 0.6) is 5.75 Å². The van der Waals surface area contributed by atoms with Gasteiger partial charge in [-0.15, -0.1) is 0 Å². The van der Waals surface area contributed by atoms with E-state index in [0.717, 1.165) is 37.2 Å². The summed E-state index contributed by atoms with van der Waals surface area (Å²) >= 11 is 5.91. The molecule has 1 saturated heterocycles. The van der Waals surface area contributed by atoms with Crippen LogP contribution >= 0.6 is 11.6 Å². The molecule has 172 valence electrons. The maximum atomic E-state index is 13.1. The number of likely N-dealkylation sites (tertiary alicyclic amines) is 1. The number of nitrogens with zero attached hydrogens (tertiary/aromatic N) is 1. The van der Waals surface area contributed by atoms with Gasteiger partial charge in [-0.3, -0.25) is 14.5 Å². The van der Waals surface area contributed by atoms with Crippen molar-refractivity contribution >= 4 is 23.4 Å². The van der Waals surface area contributed by atoms with Crippen molar-refractivity contribution in [3.8, 4) is 5.75 Å². The summed E-state index contributed by atoms with van der Waals surface area (Å²) in [6.07, 6.45) is 2.32. The molecule has 3 rings (SSSR count). The molecule has 0 aliphatic carbocycles. The highest BCUT2D eigenvalue weighted by molar-refractivity contribution is 6.30. The maximum absolute atomic E-state index is 13.1. The fourth-order valence-electron chi connectivity index (χ4n) is 4.01. The second-order valence-electron chi connectivity index (χ2n) is 8.48. The Morgan fingerprint density at radius 2 is 1.66 bits per heavy atom. The summed E-state index contributed by atoms with van der Waals surface area (Å²) in [5, 5.41) is 6.52. The summed E-state index contributed by atoms with van der Waals surface area (Å²) in [6, 6.07) is 14.1. The molecule has 0 radical (unpaired) electrons. The fraction of sp³-hybridized carbons (Fsp3) is 0.440. The lowest BCUT2D eigenvalue weighted by atomic mass is 10.0. The number of ether oxygens (including phenoxy) is 1. The molecule has 1 unspecified atom stereocenters. The third kappa shape index (κ3) is 6.24.